The summed E-state index contributed by atoms with van der Waals surface area (Å²) in [6.45, 7) is 8.36. The minimum atomic E-state index is -0.0917. The van der Waals surface area contributed by atoms with Crippen molar-refractivity contribution in [1.82, 2.24) is 14.8 Å². The molecule has 6 nitrogen and oxygen atoms in total. The predicted octanol–water partition coefficient (Wildman–Crippen LogP) is 4.07. The lowest BCUT2D eigenvalue weighted by Crippen LogP contribution is -2.14. The smallest absolute Gasteiger partial charge is 0.234 e. The van der Waals surface area contributed by atoms with Crippen LogP contribution in [0.1, 0.15) is 11.1 Å². The number of allylic oxidation sites excluding steroid dienone is 1. The molecule has 0 atom stereocenters. The molecule has 0 aliphatic carbocycles. The zero-order valence-electron chi connectivity index (χ0n) is 14.7. The van der Waals surface area contributed by atoms with Crippen LogP contribution in [-0.4, -0.2) is 26.4 Å². The number of furan rings is 1. The van der Waals surface area contributed by atoms with Gasteiger partial charge in [0.25, 0.3) is 0 Å². The molecule has 134 valence electrons. The zero-order chi connectivity index (χ0) is 18.5. The van der Waals surface area contributed by atoms with E-state index in [1.165, 1.54) is 17.3 Å². The minimum Gasteiger partial charge on any atom is -0.461 e. The van der Waals surface area contributed by atoms with Crippen molar-refractivity contribution in [3.63, 3.8) is 0 Å². The summed E-state index contributed by atoms with van der Waals surface area (Å²) < 4.78 is 7.27. The Morgan fingerprint density at radius 3 is 2.85 bits per heavy atom. The highest BCUT2D eigenvalue weighted by atomic mass is 32.2. The molecular formula is C19H20N4O2S. The highest BCUT2D eigenvalue weighted by Crippen LogP contribution is 2.24. The molecule has 0 unspecified atom stereocenters. The number of thioether (sulfide) groups is 1. The lowest BCUT2D eigenvalue weighted by Gasteiger charge is -2.08. The van der Waals surface area contributed by atoms with Gasteiger partial charge in [-0.1, -0.05) is 23.9 Å². The number of aromatic nitrogens is 3. The molecule has 2 aromatic heterocycles. The second kappa shape index (κ2) is 8.05. The Morgan fingerprint density at radius 1 is 1.31 bits per heavy atom. The molecular weight excluding hydrogens is 348 g/mol. The van der Waals surface area contributed by atoms with Gasteiger partial charge in [0.1, 0.15) is 0 Å². The van der Waals surface area contributed by atoms with Crippen molar-refractivity contribution in [3.05, 3.63) is 60.4 Å². The molecule has 0 spiro atoms. The number of amides is 1. The zero-order valence-corrected chi connectivity index (χ0v) is 15.5. The summed E-state index contributed by atoms with van der Waals surface area (Å²) in [7, 11) is 0. The normalized spacial score (nSPS) is 10.7. The van der Waals surface area contributed by atoms with Gasteiger partial charge in [-0.25, -0.2) is 0 Å². The first-order chi connectivity index (χ1) is 12.6. The topological polar surface area (TPSA) is 73.0 Å². The summed E-state index contributed by atoms with van der Waals surface area (Å²) in [6, 6.07) is 9.48. The van der Waals surface area contributed by atoms with Gasteiger partial charge < -0.3 is 9.73 Å². The van der Waals surface area contributed by atoms with Crippen molar-refractivity contribution in [2.45, 2.75) is 25.5 Å². The molecule has 1 N–H and O–H groups in total. The van der Waals surface area contributed by atoms with Crippen LogP contribution in [0.4, 0.5) is 5.69 Å². The SMILES string of the molecule is C=CCn1c(SCC(=O)Nc2ccc(C)c(C)c2)nnc1-c1ccco1. The van der Waals surface area contributed by atoms with E-state index in [-0.39, 0.29) is 11.7 Å². The number of hydrogen-bond donors (Lipinski definition) is 1. The molecule has 26 heavy (non-hydrogen) atoms. The van der Waals surface area contributed by atoms with Crippen LogP contribution in [0.2, 0.25) is 0 Å². The summed E-state index contributed by atoms with van der Waals surface area (Å²) in [6.07, 6.45) is 3.35. The summed E-state index contributed by atoms with van der Waals surface area (Å²) in [5.41, 5.74) is 3.13. The third-order valence-corrected chi connectivity index (χ3v) is 4.86. The summed E-state index contributed by atoms with van der Waals surface area (Å²) >= 11 is 1.33. The molecule has 1 amide bonds. The third kappa shape index (κ3) is 4.05. The Kier molecular flexibility index (Phi) is 5.58. The minimum absolute atomic E-state index is 0.0917. The standard InChI is InChI=1S/C19H20N4O2S/c1-4-9-23-18(16-6-5-10-25-16)21-22-19(23)26-12-17(24)20-15-8-7-13(2)14(3)11-15/h4-8,10-11H,1,9,12H2,2-3H3,(H,20,24). The quantitative estimate of drug-likeness (QED) is 0.503. The Morgan fingerprint density at radius 2 is 2.15 bits per heavy atom. The van der Waals surface area contributed by atoms with Gasteiger partial charge in [0.2, 0.25) is 11.7 Å². The van der Waals surface area contributed by atoms with E-state index in [0.29, 0.717) is 23.3 Å². The number of nitrogens with one attached hydrogen (secondary N) is 1. The first-order valence-electron chi connectivity index (χ1n) is 8.16. The van der Waals surface area contributed by atoms with Gasteiger partial charge in [0.05, 0.1) is 12.0 Å². The lowest BCUT2D eigenvalue weighted by molar-refractivity contribution is -0.113. The number of nitrogens with zero attached hydrogens (tertiary/aromatic N) is 3. The third-order valence-electron chi connectivity index (χ3n) is 3.89. The van der Waals surface area contributed by atoms with Crippen molar-refractivity contribution in [1.29, 1.82) is 0 Å². The second-order valence-electron chi connectivity index (χ2n) is 5.82. The Hall–Kier alpha value is -2.80. The molecule has 0 fully saturated rings. The summed E-state index contributed by atoms with van der Waals surface area (Å²) in [4.78, 5) is 12.3. The van der Waals surface area contributed by atoms with Crippen molar-refractivity contribution in [2.75, 3.05) is 11.1 Å². The number of benzene rings is 1. The van der Waals surface area contributed by atoms with Gasteiger partial charge in [0, 0.05) is 12.2 Å². The molecule has 0 saturated carbocycles. The van der Waals surface area contributed by atoms with Gasteiger partial charge >= 0.3 is 0 Å². The highest BCUT2D eigenvalue weighted by Gasteiger charge is 2.16. The maximum absolute atomic E-state index is 12.3. The molecule has 3 rings (SSSR count). The van der Waals surface area contributed by atoms with Crippen LogP contribution in [0, 0.1) is 13.8 Å². The molecule has 0 bridgehead atoms. The summed E-state index contributed by atoms with van der Waals surface area (Å²) in [5, 5.41) is 11.9. The second-order valence-corrected chi connectivity index (χ2v) is 6.76. The van der Waals surface area contributed by atoms with E-state index in [2.05, 4.69) is 22.1 Å². The molecule has 0 aliphatic heterocycles. The maximum atomic E-state index is 12.3. The van der Waals surface area contributed by atoms with Gasteiger partial charge in [-0.15, -0.1) is 16.8 Å². The van der Waals surface area contributed by atoms with Gasteiger partial charge in [0.15, 0.2) is 10.9 Å². The largest absolute Gasteiger partial charge is 0.461 e. The van der Waals surface area contributed by atoms with Crippen molar-refractivity contribution >= 4 is 23.4 Å². The molecule has 7 heteroatoms. The van der Waals surface area contributed by atoms with Gasteiger partial charge in [-0.2, -0.15) is 0 Å². The van der Waals surface area contributed by atoms with Crippen LogP contribution in [0.15, 0.2) is 58.8 Å². The number of aryl methyl sites for hydroxylation is 2. The van der Waals surface area contributed by atoms with E-state index in [1.54, 1.807) is 18.4 Å². The predicted molar refractivity (Wildman–Crippen MR) is 103 cm³/mol. The van der Waals surface area contributed by atoms with E-state index in [0.717, 1.165) is 11.3 Å². The Labute approximate surface area is 156 Å². The summed E-state index contributed by atoms with van der Waals surface area (Å²) in [5.74, 6) is 1.39. The van der Waals surface area contributed by atoms with Gasteiger partial charge in [-0.05, 0) is 49.2 Å². The number of carbonyl (C=O) groups excluding carboxylic acids is 1. The Bertz CT molecular complexity index is 916. The van der Waals surface area contributed by atoms with E-state index in [1.807, 2.05) is 42.7 Å². The molecule has 0 saturated heterocycles. The van der Waals surface area contributed by atoms with E-state index >= 15 is 0 Å². The first kappa shape index (κ1) is 18.0. The van der Waals surface area contributed by atoms with Crippen LogP contribution < -0.4 is 5.32 Å². The molecule has 3 aromatic rings. The average molecular weight is 368 g/mol. The number of carbonyl (C=O) groups is 1. The van der Waals surface area contributed by atoms with E-state index in [4.69, 9.17) is 4.42 Å². The average Bonchev–Trinajstić information content (AvgIpc) is 3.26. The first-order valence-corrected chi connectivity index (χ1v) is 9.15. The lowest BCUT2D eigenvalue weighted by atomic mass is 10.1. The van der Waals surface area contributed by atoms with Gasteiger partial charge in [-0.3, -0.25) is 9.36 Å². The fourth-order valence-corrected chi connectivity index (χ4v) is 3.17. The van der Waals surface area contributed by atoms with E-state index in [9.17, 15) is 4.79 Å². The van der Waals surface area contributed by atoms with Crippen LogP contribution in [0.5, 0.6) is 0 Å². The highest BCUT2D eigenvalue weighted by molar-refractivity contribution is 7.99. The van der Waals surface area contributed by atoms with Crippen LogP contribution in [0.3, 0.4) is 0 Å². The van der Waals surface area contributed by atoms with Crippen molar-refractivity contribution < 1.29 is 9.21 Å². The molecule has 0 aliphatic rings. The molecule has 1 aromatic carbocycles. The number of anilines is 1. The maximum Gasteiger partial charge on any atom is 0.234 e. The number of rotatable bonds is 7. The van der Waals surface area contributed by atoms with Crippen LogP contribution >= 0.6 is 11.8 Å². The van der Waals surface area contributed by atoms with Crippen LogP contribution in [0.25, 0.3) is 11.6 Å². The fourth-order valence-electron chi connectivity index (χ4n) is 2.42. The van der Waals surface area contributed by atoms with Crippen molar-refractivity contribution in [2.24, 2.45) is 0 Å². The fraction of sp³-hybridized carbons (Fsp3) is 0.211. The van der Waals surface area contributed by atoms with E-state index < -0.39 is 0 Å². The number of hydrogen-bond acceptors (Lipinski definition) is 5. The molecule has 2 heterocycles. The monoisotopic (exact) mass is 368 g/mol. The van der Waals surface area contributed by atoms with Crippen molar-refractivity contribution in [3.8, 4) is 11.6 Å². The van der Waals surface area contributed by atoms with Crippen LogP contribution in [-0.2, 0) is 11.3 Å². The molecule has 0 radical (unpaired) electrons. The Balaban J connectivity index is 1.68.